The number of hydrogen-bond acceptors (Lipinski definition) is 7. The summed E-state index contributed by atoms with van der Waals surface area (Å²) in [4.78, 5) is 14.2. The van der Waals surface area contributed by atoms with Gasteiger partial charge in [-0.2, -0.15) is 0 Å². The van der Waals surface area contributed by atoms with Crippen LogP contribution < -0.4 is 15.0 Å². The predicted molar refractivity (Wildman–Crippen MR) is 106 cm³/mol. The van der Waals surface area contributed by atoms with E-state index in [2.05, 4.69) is 20.4 Å². The van der Waals surface area contributed by atoms with Crippen LogP contribution in [-0.2, 0) is 17.9 Å². The summed E-state index contributed by atoms with van der Waals surface area (Å²) < 4.78 is 12.7. The molecule has 1 aliphatic rings. The SMILES string of the molecule is CCOc1ccc(N2CCn3c(SCC(=O)NCc4ccco4)nnc32)cc1. The van der Waals surface area contributed by atoms with Crippen molar-refractivity contribution in [1.82, 2.24) is 20.1 Å². The van der Waals surface area contributed by atoms with E-state index in [0.717, 1.165) is 41.4 Å². The molecule has 9 heteroatoms. The van der Waals surface area contributed by atoms with Crippen LogP contribution in [0.15, 0.2) is 52.2 Å². The lowest BCUT2D eigenvalue weighted by Crippen LogP contribution is -2.24. The fraction of sp³-hybridized carbons (Fsp3) is 0.316. The van der Waals surface area contributed by atoms with E-state index in [1.807, 2.05) is 41.8 Å². The van der Waals surface area contributed by atoms with Gasteiger partial charge < -0.3 is 19.4 Å². The van der Waals surface area contributed by atoms with Crippen LogP contribution in [0.1, 0.15) is 12.7 Å². The topological polar surface area (TPSA) is 85.4 Å². The second-order valence-electron chi connectivity index (χ2n) is 6.16. The normalized spacial score (nSPS) is 12.8. The number of thioether (sulfide) groups is 1. The number of furan rings is 1. The molecule has 0 saturated heterocycles. The van der Waals surface area contributed by atoms with E-state index in [1.165, 1.54) is 11.8 Å². The second kappa shape index (κ2) is 8.39. The summed E-state index contributed by atoms with van der Waals surface area (Å²) in [5, 5.41) is 12.2. The minimum absolute atomic E-state index is 0.0693. The van der Waals surface area contributed by atoms with Gasteiger partial charge in [0, 0.05) is 18.8 Å². The van der Waals surface area contributed by atoms with Gasteiger partial charge in [0.15, 0.2) is 5.16 Å². The van der Waals surface area contributed by atoms with E-state index >= 15 is 0 Å². The summed E-state index contributed by atoms with van der Waals surface area (Å²) in [6, 6.07) is 11.6. The van der Waals surface area contributed by atoms with Crippen molar-refractivity contribution < 1.29 is 13.9 Å². The lowest BCUT2D eigenvalue weighted by Gasteiger charge is -2.15. The highest BCUT2D eigenvalue weighted by Gasteiger charge is 2.26. The van der Waals surface area contributed by atoms with Crippen molar-refractivity contribution in [3.63, 3.8) is 0 Å². The Morgan fingerprint density at radius 2 is 2.11 bits per heavy atom. The van der Waals surface area contributed by atoms with Gasteiger partial charge in [-0.3, -0.25) is 9.36 Å². The van der Waals surface area contributed by atoms with Gasteiger partial charge >= 0.3 is 0 Å². The maximum atomic E-state index is 12.1. The first-order chi connectivity index (χ1) is 13.7. The highest BCUT2D eigenvalue weighted by atomic mass is 32.2. The molecule has 1 N–H and O–H groups in total. The molecular formula is C19H21N5O3S. The Kier molecular flexibility index (Phi) is 5.52. The van der Waals surface area contributed by atoms with Crippen LogP contribution in [0, 0.1) is 0 Å². The Hall–Kier alpha value is -2.94. The molecular weight excluding hydrogens is 378 g/mol. The first-order valence-corrected chi connectivity index (χ1v) is 10.1. The number of ether oxygens (including phenoxy) is 1. The monoisotopic (exact) mass is 399 g/mol. The highest BCUT2D eigenvalue weighted by Crippen LogP contribution is 2.32. The second-order valence-corrected chi connectivity index (χ2v) is 7.10. The molecule has 1 aromatic carbocycles. The van der Waals surface area contributed by atoms with Gasteiger partial charge in [-0.05, 0) is 43.3 Å². The molecule has 3 aromatic rings. The van der Waals surface area contributed by atoms with Crippen LogP contribution in [0.5, 0.6) is 5.75 Å². The molecule has 8 nitrogen and oxygen atoms in total. The van der Waals surface area contributed by atoms with Crippen molar-refractivity contribution >= 4 is 29.3 Å². The Morgan fingerprint density at radius 1 is 1.25 bits per heavy atom. The number of aromatic nitrogens is 3. The largest absolute Gasteiger partial charge is 0.494 e. The van der Waals surface area contributed by atoms with Crippen molar-refractivity contribution in [2.24, 2.45) is 0 Å². The van der Waals surface area contributed by atoms with Crippen molar-refractivity contribution in [3.05, 3.63) is 48.4 Å². The zero-order chi connectivity index (χ0) is 19.3. The molecule has 0 radical (unpaired) electrons. The van der Waals surface area contributed by atoms with Crippen molar-refractivity contribution in [3.8, 4) is 5.75 Å². The number of benzene rings is 1. The number of hydrogen-bond donors (Lipinski definition) is 1. The standard InChI is InChI=1S/C19H21N5O3S/c1-2-26-15-7-5-14(6-8-15)23-9-10-24-18(23)21-22-19(24)28-13-17(25)20-12-16-4-3-11-27-16/h3-8,11H,2,9-10,12-13H2,1H3,(H,20,25). The van der Waals surface area contributed by atoms with E-state index in [-0.39, 0.29) is 11.7 Å². The Bertz CT molecular complexity index is 924. The smallest absolute Gasteiger partial charge is 0.232 e. The maximum Gasteiger partial charge on any atom is 0.232 e. The summed E-state index contributed by atoms with van der Waals surface area (Å²) in [5.41, 5.74) is 1.04. The zero-order valence-corrected chi connectivity index (χ0v) is 16.3. The molecule has 0 aliphatic carbocycles. The predicted octanol–water partition coefficient (Wildman–Crippen LogP) is 2.83. The molecule has 0 fully saturated rings. The third-order valence-electron chi connectivity index (χ3n) is 4.32. The molecule has 0 atom stereocenters. The lowest BCUT2D eigenvalue weighted by atomic mass is 10.3. The third kappa shape index (κ3) is 3.99. The Balaban J connectivity index is 1.35. The van der Waals surface area contributed by atoms with Crippen LogP contribution in [0.2, 0.25) is 0 Å². The van der Waals surface area contributed by atoms with Crippen LogP contribution in [0.4, 0.5) is 11.6 Å². The number of amides is 1. The van der Waals surface area contributed by atoms with Gasteiger partial charge in [0.2, 0.25) is 11.9 Å². The summed E-state index contributed by atoms with van der Waals surface area (Å²) in [6.07, 6.45) is 1.59. The van der Waals surface area contributed by atoms with Crippen molar-refractivity contribution in [2.75, 3.05) is 23.8 Å². The summed E-state index contributed by atoms with van der Waals surface area (Å²) in [7, 11) is 0. The average molecular weight is 399 g/mol. The van der Waals surface area contributed by atoms with Crippen molar-refractivity contribution in [1.29, 1.82) is 0 Å². The van der Waals surface area contributed by atoms with E-state index in [9.17, 15) is 4.79 Å². The fourth-order valence-electron chi connectivity index (χ4n) is 3.00. The number of anilines is 2. The Labute approximate surface area is 166 Å². The zero-order valence-electron chi connectivity index (χ0n) is 15.5. The first kappa shape index (κ1) is 18.4. The van der Waals surface area contributed by atoms with E-state index < -0.39 is 0 Å². The van der Waals surface area contributed by atoms with Crippen LogP contribution in [0.3, 0.4) is 0 Å². The highest BCUT2D eigenvalue weighted by molar-refractivity contribution is 7.99. The molecule has 146 valence electrons. The maximum absolute atomic E-state index is 12.1. The first-order valence-electron chi connectivity index (χ1n) is 9.10. The molecule has 0 saturated carbocycles. The number of carbonyl (C=O) groups is 1. The van der Waals surface area contributed by atoms with E-state index in [0.29, 0.717) is 13.2 Å². The quantitative estimate of drug-likeness (QED) is 0.583. The Morgan fingerprint density at radius 3 is 2.86 bits per heavy atom. The van der Waals surface area contributed by atoms with Crippen molar-refractivity contribution in [2.45, 2.75) is 25.2 Å². The molecule has 1 amide bonds. The molecule has 1 aliphatic heterocycles. The number of nitrogens with one attached hydrogen (secondary N) is 1. The minimum Gasteiger partial charge on any atom is -0.494 e. The van der Waals surface area contributed by atoms with Crippen LogP contribution in [-0.4, -0.2) is 39.6 Å². The molecule has 4 rings (SSSR count). The van der Waals surface area contributed by atoms with Gasteiger partial charge in [-0.25, -0.2) is 0 Å². The number of nitrogens with zero attached hydrogens (tertiary/aromatic N) is 4. The number of fused-ring (bicyclic) bond motifs is 1. The van der Waals surface area contributed by atoms with Gasteiger partial charge in [0.25, 0.3) is 0 Å². The fourth-order valence-corrected chi connectivity index (χ4v) is 3.79. The minimum atomic E-state index is -0.0693. The average Bonchev–Trinajstić information content (AvgIpc) is 3.44. The van der Waals surface area contributed by atoms with Crippen LogP contribution >= 0.6 is 11.8 Å². The van der Waals surface area contributed by atoms with E-state index in [4.69, 9.17) is 9.15 Å². The van der Waals surface area contributed by atoms with Gasteiger partial charge in [0.05, 0.1) is 25.2 Å². The molecule has 28 heavy (non-hydrogen) atoms. The van der Waals surface area contributed by atoms with Gasteiger partial charge in [-0.1, -0.05) is 11.8 Å². The van der Waals surface area contributed by atoms with E-state index in [1.54, 1.807) is 12.3 Å². The number of rotatable bonds is 8. The van der Waals surface area contributed by atoms with Crippen LogP contribution in [0.25, 0.3) is 0 Å². The lowest BCUT2D eigenvalue weighted by molar-refractivity contribution is -0.118. The third-order valence-corrected chi connectivity index (χ3v) is 5.28. The number of carbonyl (C=O) groups excluding carboxylic acids is 1. The molecule has 3 heterocycles. The molecule has 0 unspecified atom stereocenters. The van der Waals surface area contributed by atoms with Gasteiger partial charge in [-0.15, -0.1) is 10.2 Å². The summed E-state index contributed by atoms with van der Waals surface area (Å²) >= 11 is 1.38. The molecule has 0 bridgehead atoms. The summed E-state index contributed by atoms with van der Waals surface area (Å²) in [6.45, 7) is 4.60. The van der Waals surface area contributed by atoms with Gasteiger partial charge in [0.1, 0.15) is 11.5 Å². The summed E-state index contributed by atoms with van der Waals surface area (Å²) in [5.74, 6) is 2.58. The molecule has 0 spiro atoms. The molecule has 2 aromatic heterocycles.